The number of nitrogens with one attached hydrogen (secondary N) is 1. The summed E-state index contributed by atoms with van der Waals surface area (Å²) in [5, 5.41) is 11.1. The van der Waals surface area contributed by atoms with Crippen molar-refractivity contribution >= 4 is 22.6 Å². The van der Waals surface area contributed by atoms with Crippen molar-refractivity contribution in [3.05, 3.63) is 95.2 Å². The number of H-pyrrole nitrogens is 1. The molecule has 35 heavy (non-hydrogen) atoms. The number of carboxylic acids is 1. The number of rotatable bonds is 7. The average Bonchev–Trinajstić information content (AvgIpc) is 3.27. The van der Waals surface area contributed by atoms with Crippen LogP contribution in [0.2, 0.25) is 0 Å². The molecule has 1 atom stereocenters. The number of aryl methyl sites for hydroxylation is 2. The molecule has 180 valence electrons. The van der Waals surface area contributed by atoms with Crippen LogP contribution in [-0.4, -0.2) is 47.1 Å². The molecule has 6 nitrogen and oxygen atoms in total. The summed E-state index contributed by atoms with van der Waals surface area (Å²) in [5.41, 5.74) is 6.52. The molecule has 1 aliphatic heterocycles. The molecule has 1 fully saturated rings. The number of hydrogen-bond acceptors (Lipinski definition) is 4. The first-order valence-electron chi connectivity index (χ1n) is 12.1. The Bertz CT molecular complexity index is 1320. The molecule has 0 aliphatic carbocycles. The van der Waals surface area contributed by atoms with Gasteiger partial charge in [0, 0.05) is 54.5 Å². The molecule has 1 aliphatic rings. The Morgan fingerprint density at radius 1 is 1.00 bits per heavy atom. The summed E-state index contributed by atoms with van der Waals surface area (Å²) in [4.78, 5) is 20.2. The first-order valence-corrected chi connectivity index (χ1v) is 12.1. The topological polar surface area (TPSA) is 68.8 Å². The lowest BCUT2D eigenvalue weighted by Crippen LogP contribution is -2.49. The minimum Gasteiger partial charge on any atom is -0.489 e. The normalized spacial score (nSPS) is 15.3. The van der Waals surface area contributed by atoms with Crippen LogP contribution in [0.3, 0.4) is 0 Å². The second kappa shape index (κ2) is 9.84. The quantitative estimate of drug-likeness (QED) is 0.384. The standard InChI is InChI=1S/C29H31N3O3/c1-20-8-11-27(21(2)16-20)31-12-14-32(15-13-31)28(29(33)34)25-18-30-26-10-9-23(17-24(25)26)35-19-22-6-4-3-5-7-22/h3-11,16-18,28,30H,12-15,19H2,1-2H3,(H,33,34)/t28-/m1/s1. The highest BCUT2D eigenvalue weighted by atomic mass is 16.5. The summed E-state index contributed by atoms with van der Waals surface area (Å²) >= 11 is 0. The second-order valence-electron chi connectivity index (χ2n) is 9.28. The van der Waals surface area contributed by atoms with Gasteiger partial charge in [0.05, 0.1) is 0 Å². The number of nitrogens with zero attached hydrogens (tertiary/aromatic N) is 2. The van der Waals surface area contributed by atoms with Crippen LogP contribution in [-0.2, 0) is 11.4 Å². The molecule has 2 N–H and O–H groups in total. The molecule has 2 heterocycles. The van der Waals surface area contributed by atoms with E-state index in [1.807, 2.05) is 54.7 Å². The smallest absolute Gasteiger partial charge is 0.325 e. The molecule has 0 saturated carbocycles. The third-order valence-electron chi connectivity index (χ3n) is 6.83. The second-order valence-corrected chi connectivity index (χ2v) is 9.28. The highest BCUT2D eigenvalue weighted by Gasteiger charge is 2.32. The molecular weight excluding hydrogens is 438 g/mol. The predicted molar refractivity (Wildman–Crippen MR) is 139 cm³/mol. The average molecular weight is 470 g/mol. The number of aliphatic carboxylic acids is 1. The fraction of sp³-hybridized carbons (Fsp3) is 0.276. The summed E-state index contributed by atoms with van der Waals surface area (Å²) in [7, 11) is 0. The van der Waals surface area contributed by atoms with E-state index in [4.69, 9.17) is 4.74 Å². The van der Waals surface area contributed by atoms with Gasteiger partial charge in [0.25, 0.3) is 0 Å². The zero-order chi connectivity index (χ0) is 24.4. The van der Waals surface area contributed by atoms with Crippen LogP contribution in [0.5, 0.6) is 5.75 Å². The first kappa shape index (κ1) is 23.0. The molecule has 0 radical (unpaired) electrons. The van der Waals surface area contributed by atoms with E-state index in [2.05, 4.69) is 46.8 Å². The van der Waals surface area contributed by atoms with Gasteiger partial charge in [-0.3, -0.25) is 9.69 Å². The monoisotopic (exact) mass is 469 g/mol. The van der Waals surface area contributed by atoms with Crippen LogP contribution < -0.4 is 9.64 Å². The molecule has 6 heteroatoms. The Hall–Kier alpha value is -3.77. The van der Waals surface area contributed by atoms with Gasteiger partial charge >= 0.3 is 5.97 Å². The Morgan fingerprint density at radius 2 is 1.77 bits per heavy atom. The molecule has 0 bridgehead atoms. The maximum Gasteiger partial charge on any atom is 0.325 e. The SMILES string of the molecule is Cc1ccc(N2CCN([C@@H](C(=O)O)c3c[nH]c4ccc(OCc5ccccc5)cc34)CC2)c(C)c1. The molecule has 0 spiro atoms. The van der Waals surface area contributed by atoms with Crippen molar-refractivity contribution in [1.29, 1.82) is 0 Å². The molecule has 1 saturated heterocycles. The van der Waals surface area contributed by atoms with Crippen molar-refractivity contribution in [2.24, 2.45) is 0 Å². The van der Waals surface area contributed by atoms with E-state index in [0.717, 1.165) is 40.9 Å². The van der Waals surface area contributed by atoms with Gasteiger partial charge in [-0.2, -0.15) is 0 Å². The maximum atomic E-state index is 12.5. The minimum atomic E-state index is -0.832. The van der Waals surface area contributed by atoms with E-state index < -0.39 is 12.0 Å². The van der Waals surface area contributed by atoms with Crippen molar-refractivity contribution in [2.75, 3.05) is 31.1 Å². The largest absolute Gasteiger partial charge is 0.489 e. The van der Waals surface area contributed by atoms with E-state index in [1.165, 1.54) is 16.8 Å². The van der Waals surface area contributed by atoms with Gasteiger partial charge in [-0.05, 0) is 49.2 Å². The van der Waals surface area contributed by atoms with Gasteiger partial charge in [-0.25, -0.2) is 0 Å². The number of piperazine rings is 1. The van der Waals surface area contributed by atoms with Crippen LogP contribution in [0.1, 0.15) is 28.3 Å². The van der Waals surface area contributed by atoms with Gasteiger partial charge in [0.2, 0.25) is 0 Å². The van der Waals surface area contributed by atoms with Gasteiger partial charge in [0.15, 0.2) is 0 Å². The van der Waals surface area contributed by atoms with Gasteiger partial charge < -0.3 is 19.7 Å². The van der Waals surface area contributed by atoms with E-state index in [0.29, 0.717) is 19.7 Å². The maximum absolute atomic E-state index is 12.5. The number of hydrogen-bond donors (Lipinski definition) is 2. The van der Waals surface area contributed by atoms with Crippen LogP contribution in [0.25, 0.3) is 10.9 Å². The fourth-order valence-corrected chi connectivity index (χ4v) is 5.05. The summed E-state index contributed by atoms with van der Waals surface area (Å²) < 4.78 is 6.01. The van der Waals surface area contributed by atoms with E-state index in [1.54, 1.807) is 0 Å². The lowest BCUT2D eigenvalue weighted by Gasteiger charge is -2.39. The van der Waals surface area contributed by atoms with Crippen molar-refractivity contribution in [3.8, 4) is 5.75 Å². The Balaban J connectivity index is 1.34. The molecule has 0 unspecified atom stereocenters. The van der Waals surface area contributed by atoms with Crippen molar-refractivity contribution in [1.82, 2.24) is 9.88 Å². The number of aromatic amines is 1. The number of aromatic nitrogens is 1. The van der Waals surface area contributed by atoms with Gasteiger partial charge in [-0.1, -0.05) is 48.0 Å². The number of carboxylic acid groups (broad SMARTS) is 1. The third-order valence-corrected chi connectivity index (χ3v) is 6.83. The summed E-state index contributed by atoms with van der Waals surface area (Å²) in [5.74, 6) is -0.104. The number of fused-ring (bicyclic) bond motifs is 1. The fourth-order valence-electron chi connectivity index (χ4n) is 5.05. The number of ether oxygens (including phenoxy) is 1. The third kappa shape index (κ3) is 4.88. The summed E-state index contributed by atoms with van der Waals surface area (Å²) in [6.07, 6.45) is 1.83. The van der Waals surface area contributed by atoms with Crippen LogP contribution >= 0.6 is 0 Å². The first-order chi connectivity index (χ1) is 17.0. The van der Waals surface area contributed by atoms with Crippen molar-refractivity contribution in [3.63, 3.8) is 0 Å². The Labute approximate surface area is 205 Å². The van der Waals surface area contributed by atoms with Crippen LogP contribution in [0, 0.1) is 13.8 Å². The minimum absolute atomic E-state index is 0.467. The highest BCUT2D eigenvalue weighted by Crippen LogP contribution is 2.33. The van der Waals surface area contributed by atoms with Crippen LogP contribution in [0.4, 0.5) is 5.69 Å². The van der Waals surface area contributed by atoms with Crippen molar-refractivity contribution < 1.29 is 14.6 Å². The van der Waals surface area contributed by atoms with E-state index in [9.17, 15) is 9.90 Å². The van der Waals surface area contributed by atoms with Crippen LogP contribution in [0.15, 0.2) is 72.9 Å². The van der Waals surface area contributed by atoms with Gasteiger partial charge in [0.1, 0.15) is 18.4 Å². The highest BCUT2D eigenvalue weighted by molar-refractivity contribution is 5.90. The zero-order valence-corrected chi connectivity index (χ0v) is 20.2. The molecule has 5 rings (SSSR count). The Kier molecular flexibility index (Phi) is 6.47. The lowest BCUT2D eigenvalue weighted by molar-refractivity contribution is -0.143. The molecule has 4 aromatic rings. The van der Waals surface area contributed by atoms with E-state index >= 15 is 0 Å². The molecule has 0 amide bonds. The predicted octanol–water partition coefficient (Wildman–Crippen LogP) is 5.31. The number of carbonyl (C=O) groups is 1. The van der Waals surface area contributed by atoms with E-state index in [-0.39, 0.29) is 0 Å². The molecule has 1 aromatic heterocycles. The Morgan fingerprint density at radius 3 is 2.49 bits per heavy atom. The lowest BCUT2D eigenvalue weighted by atomic mass is 10.0. The van der Waals surface area contributed by atoms with Gasteiger partial charge in [-0.15, -0.1) is 0 Å². The molecule has 3 aromatic carbocycles. The summed E-state index contributed by atoms with van der Waals surface area (Å²) in [6, 6.07) is 21.6. The number of benzene rings is 3. The zero-order valence-electron chi connectivity index (χ0n) is 20.2. The molecular formula is C29H31N3O3. The summed E-state index contributed by atoms with van der Waals surface area (Å²) in [6.45, 7) is 7.66. The van der Waals surface area contributed by atoms with Crippen molar-refractivity contribution in [2.45, 2.75) is 26.5 Å². The number of anilines is 1.